The van der Waals surface area contributed by atoms with Gasteiger partial charge in [0, 0.05) is 37.7 Å². The number of carbonyl (C=O) groups is 1. The second kappa shape index (κ2) is 10.4. The van der Waals surface area contributed by atoms with Crippen LogP contribution in [0, 0.1) is 5.92 Å². The quantitative estimate of drug-likeness (QED) is 0.617. The van der Waals surface area contributed by atoms with Gasteiger partial charge in [-0.25, -0.2) is 0 Å². The lowest BCUT2D eigenvalue weighted by molar-refractivity contribution is -0.126. The smallest absolute Gasteiger partial charge is 0.224 e. The third-order valence-corrected chi connectivity index (χ3v) is 7.25. The fraction of sp³-hybridized carbons (Fsp3) is 0.500. The summed E-state index contributed by atoms with van der Waals surface area (Å²) in [5.41, 5.74) is 3.23. The van der Waals surface area contributed by atoms with Crippen LogP contribution in [0.15, 0.2) is 42.5 Å². The minimum Gasteiger partial charge on any atom is -0.508 e. The Labute approximate surface area is 201 Å². The summed E-state index contributed by atoms with van der Waals surface area (Å²) in [5.74, 6) is -0.0607. The van der Waals surface area contributed by atoms with E-state index in [2.05, 4.69) is 34.5 Å². The number of rotatable bonds is 8. The molecule has 1 atom stereocenters. The summed E-state index contributed by atoms with van der Waals surface area (Å²) in [6.07, 6.45) is 2.33. The molecule has 2 aromatic carbocycles. The molecule has 7 heteroatoms. The average molecular weight is 472 g/mol. The van der Waals surface area contributed by atoms with E-state index in [0.29, 0.717) is 31.1 Å². The van der Waals surface area contributed by atoms with Crippen LogP contribution in [0.3, 0.4) is 0 Å². The molecule has 1 saturated heterocycles. The van der Waals surface area contributed by atoms with Crippen LogP contribution in [-0.4, -0.2) is 67.6 Å². The Morgan fingerprint density at radius 2 is 2.00 bits per heavy atom. The van der Waals surface area contributed by atoms with Crippen molar-refractivity contribution in [2.24, 2.45) is 5.92 Å². The van der Waals surface area contributed by atoms with Gasteiger partial charge in [0.25, 0.3) is 0 Å². The number of benzene rings is 2. The molecular formula is C26H34ClN3O3. The van der Waals surface area contributed by atoms with E-state index in [4.69, 9.17) is 16.3 Å². The van der Waals surface area contributed by atoms with Gasteiger partial charge in [0.2, 0.25) is 5.91 Å². The van der Waals surface area contributed by atoms with Crippen molar-refractivity contribution < 1.29 is 14.6 Å². The summed E-state index contributed by atoms with van der Waals surface area (Å²) in [5, 5.41) is 13.6. The van der Waals surface area contributed by atoms with E-state index in [-0.39, 0.29) is 23.2 Å². The fourth-order valence-corrected chi connectivity index (χ4v) is 5.17. The van der Waals surface area contributed by atoms with E-state index in [1.807, 2.05) is 19.0 Å². The number of aromatic hydroxyl groups is 1. The molecule has 2 aliphatic rings. The van der Waals surface area contributed by atoms with Crippen LogP contribution in [0.25, 0.3) is 0 Å². The molecule has 0 aromatic heterocycles. The zero-order valence-electron chi connectivity index (χ0n) is 19.5. The van der Waals surface area contributed by atoms with Crippen molar-refractivity contribution >= 4 is 17.5 Å². The number of phenols is 1. The second-order valence-electron chi connectivity index (χ2n) is 9.51. The van der Waals surface area contributed by atoms with Gasteiger partial charge < -0.3 is 25.0 Å². The minimum absolute atomic E-state index is 0.0269. The van der Waals surface area contributed by atoms with Gasteiger partial charge in [-0.2, -0.15) is 0 Å². The lowest BCUT2D eigenvalue weighted by Gasteiger charge is -2.40. The van der Waals surface area contributed by atoms with Gasteiger partial charge in [0.15, 0.2) is 0 Å². The van der Waals surface area contributed by atoms with Crippen molar-refractivity contribution in [3.63, 3.8) is 0 Å². The van der Waals surface area contributed by atoms with Crippen LogP contribution < -0.4 is 5.32 Å². The molecule has 1 unspecified atom stereocenters. The Balaban J connectivity index is 1.43. The molecule has 4 rings (SSSR count). The van der Waals surface area contributed by atoms with Gasteiger partial charge >= 0.3 is 0 Å². The van der Waals surface area contributed by atoms with Crippen LogP contribution in [0.1, 0.15) is 29.5 Å². The number of likely N-dealkylation sites (N-methyl/N-ethyl adjacent to an activating group) is 1. The third-order valence-electron chi connectivity index (χ3n) is 6.88. The summed E-state index contributed by atoms with van der Waals surface area (Å²) in [6.45, 7) is 4.48. The summed E-state index contributed by atoms with van der Waals surface area (Å²) < 4.78 is 6.30. The summed E-state index contributed by atoms with van der Waals surface area (Å²) in [6, 6.07) is 13.4. The first-order valence-corrected chi connectivity index (χ1v) is 12.1. The summed E-state index contributed by atoms with van der Waals surface area (Å²) >= 11 is 6.38. The standard InChI is InChI=1S/C26H34ClN3O3/c1-29(2)14-11-28-25(32)21(15-20-16-22(31)7-8-24(20)27)17-30-12-9-26(10-13-30)23-6-4-3-5-19(23)18-33-26/h3-8,16,21,31H,9-15,17-18H2,1-2H3,(H,28,32). The average Bonchev–Trinajstić information content (AvgIpc) is 3.15. The maximum atomic E-state index is 13.1. The van der Waals surface area contributed by atoms with Gasteiger partial charge in [-0.05, 0) is 68.2 Å². The lowest BCUT2D eigenvalue weighted by Crippen LogP contribution is -2.47. The number of halogens is 1. The first-order valence-electron chi connectivity index (χ1n) is 11.7. The van der Waals surface area contributed by atoms with Crippen molar-refractivity contribution in [2.45, 2.75) is 31.5 Å². The number of fused-ring (bicyclic) bond motifs is 2. The van der Waals surface area contributed by atoms with Crippen molar-refractivity contribution in [1.82, 2.24) is 15.1 Å². The van der Waals surface area contributed by atoms with Gasteiger partial charge in [-0.15, -0.1) is 0 Å². The van der Waals surface area contributed by atoms with Crippen molar-refractivity contribution in [1.29, 1.82) is 0 Å². The molecular weight excluding hydrogens is 438 g/mol. The Morgan fingerprint density at radius 1 is 1.24 bits per heavy atom. The number of likely N-dealkylation sites (tertiary alicyclic amines) is 1. The maximum Gasteiger partial charge on any atom is 0.224 e. The van der Waals surface area contributed by atoms with Crippen LogP contribution in [0.2, 0.25) is 5.02 Å². The van der Waals surface area contributed by atoms with Gasteiger partial charge in [0.1, 0.15) is 5.75 Å². The largest absolute Gasteiger partial charge is 0.508 e. The van der Waals surface area contributed by atoms with E-state index >= 15 is 0 Å². The maximum absolute atomic E-state index is 13.1. The molecule has 0 radical (unpaired) electrons. The molecule has 2 aromatic rings. The first-order chi connectivity index (χ1) is 15.9. The van der Waals surface area contributed by atoms with Gasteiger partial charge in [0.05, 0.1) is 18.1 Å². The fourth-order valence-electron chi connectivity index (χ4n) is 4.98. The predicted molar refractivity (Wildman–Crippen MR) is 130 cm³/mol. The van der Waals surface area contributed by atoms with Crippen LogP contribution >= 0.6 is 11.6 Å². The third kappa shape index (κ3) is 5.69. The van der Waals surface area contributed by atoms with E-state index in [1.54, 1.807) is 18.2 Å². The molecule has 0 bridgehead atoms. The van der Waals surface area contributed by atoms with Crippen LogP contribution in [-0.2, 0) is 28.2 Å². The zero-order chi connectivity index (χ0) is 23.4. The van der Waals surface area contributed by atoms with Crippen LogP contribution in [0.5, 0.6) is 5.75 Å². The molecule has 33 heavy (non-hydrogen) atoms. The lowest BCUT2D eigenvalue weighted by atomic mass is 9.83. The van der Waals surface area contributed by atoms with E-state index in [9.17, 15) is 9.90 Å². The van der Waals surface area contributed by atoms with Crippen LogP contribution in [0.4, 0.5) is 0 Å². The molecule has 1 spiro atoms. The highest BCUT2D eigenvalue weighted by molar-refractivity contribution is 6.31. The molecule has 0 saturated carbocycles. The number of ether oxygens (including phenoxy) is 1. The van der Waals surface area contributed by atoms with Gasteiger partial charge in [-0.3, -0.25) is 4.79 Å². The molecule has 0 aliphatic carbocycles. The molecule has 2 aliphatic heterocycles. The SMILES string of the molecule is CN(C)CCNC(=O)C(Cc1cc(O)ccc1Cl)CN1CCC2(CC1)OCc1ccccc12. The van der Waals surface area contributed by atoms with E-state index in [1.165, 1.54) is 11.1 Å². The molecule has 1 fully saturated rings. The number of nitrogens with zero attached hydrogens (tertiary/aromatic N) is 2. The van der Waals surface area contributed by atoms with Crippen molar-refractivity contribution in [2.75, 3.05) is 46.8 Å². The number of amides is 1. The number of hydrogen-bond acceptors (Lipinski definition) is 5. The minimum atomic E-state index is -0.253. The number of piperidine rings is 1. The van der Waals surface area contributed by atoms with E-state index in [0.717, 1.165) is 38.0 Å². The summed E-state index contributed by atoms with van der Waals surface area (Å²) in [4.78, 5) is 17.5. The number of hydrogen-bond donors (Lipinski definition) is 2. The molecule has 1 amide bonds. The number of carbonyl (C=O) groups excluding carboxylic acids is 1. The molecule has 178 valence electrons. The first kappa shape index (κ1) is 24.0. The van der Waals surface area contributed by atoms with E-state index < -0.39 is 0 Å². The highest BCUT2D eigenvalue weighted by Gasteiger charge is 2.42. The van der Waals surface area contributed by atoms with Crippen molar-refractivity contribution in [3.8, 4) is 5.75 Å². The monoisotopic (exact) mass is 471 g/mol. The Bertz CT molecular complexity index is 973. The predicted octanol–water partition coefficient (Wildman–Crippen LogP) is 3.40. The Morgan fingerprint density at radius 3 is 2.76 bits per heavy atom. The highest BCUT2D eigenvalue weighted by Crippen LogP contribution is 2.44. The normalized spacial score (nSPS) is 18.4. The molecule has 2 N–H and O–H groups in total. The van der Waals surface area contributed by atoms with Gasteiger partial charge in [-0.1, -0.05) is 35.9 Å². The number of phenolic OH excluding ortho intramolecular Hbond substituents is 1. The highest BCUT2D eigenvalue weighted by atomic mass is 35.5. The topological polar surface area (TPSA) is 65.0 Å². The Hall–Kier alpha value is -2.12. The second-order valence-corrected chi connectivity index (χ2v) is 9.92. The number of nitrogens with one attached hydrogen (secondary N) is 1. The molecule has 6 nitrogen and oxygen atoms in total. The Kier molecular flexibility index (Phi) is 7.59. The van der Waals surface area contributed by atoms with Crippen molar-refractivity contribution in [3.05, 3.63) is 64.2 Å². The zero-order valence-corrected chi connectivity index (χ0v) is 20.3. The molecule has 2 heterocycles. The summed E-state index contributed by atoms with van der Waals surface area (Å²) in [7, 11) is 3.98.